The van der Waals surface area contributed by atoms with E-state index >= 15 is 0 Å². The van der Waals surface area contributed by atoms with E-state index in [0.29, 0.717) is 33.6 Å². The van der Waals surface area contributed by atoms with Gasteiger partial charge in [-0.1, -0.05) is 23.7 Å². The van der Waals surface area contributed by atoms with Gasteiger partial charge in [-0.3, -0.25) is 4.79 Å². The highest BCUT2D eigenvalue weighted by atomic mass is 35.5. The van der Waals surface area contributed by atoms with Crippen LogP contribution in [-0.2, 0) is 0 Å². The minimum absolute atomic E-state index is 0.295. The van der Waals surface area contributed by atoms with Gasteiger partial charge in [0.2, 0.25) is 0 Å². The third kappa shape index (κ3) is 3.41. The summed E-state index contributed by atoms with van der Waals surface area (Å²) < 4.78 is 10.3. The number of hydrogen-bond donors (Lipinski definition) is 1. The summed E-state index contributed by atoms with van der Waals surface area (Å²) >= 11 is 6.14. The highest BCUT2D eigenvalue weighted by Crippen LogP contribution is 2.25. The summed E-state index contributed by atoms with van der Waals surface area (Å²) in [4.78, 5) is 16.7. The molecule has 0 spiro atoms. The number of aromatic nitrogens is 1. The highest BCUT2D eigenvalue weighted by molar-refractivity contribution is 6.34. The van der Waals surface area contributed by atoms with Crippen LogP contribution in [0.25, 0.3) is 11.3 Å². The zero-order chi connectivity index (χ0) is 17.1. The number of nitrogens with one attached hydrogen (secondary N) is 1. The number of methoxy groups -OCH3 is 1. The number of carbonyl (C=O) groups excluding carboxylic acids is 1. The smallest absolute Gasteiger partial charge is 0.257 e. The number of halogens is 1. The van der Waals surface area contributed by atoms with Crippen LogP contribution in [-0.4, -0.2) is 18.0 Å². The lowest BCUT2D eigenvalue weighted by Crippen LogP contribution is -2.12. The van der Waals surface area contributed by atoms with Crippen LogP contribution in [0, 0.1) is 6.92 Å². The Morgan fingerprint density at radius 1 is 1.25 bits per heavy atom. The van der Waals surface area contributed by atoms with Gasteiger partial charge in [0.05, 0.1) is 17.7 Å². The molecule has 0 radical (unpaired) electrons. The van der Waals surface area contributed by atoms with Gasteiger partial charge in [-0.25, -0.2) is 4.98 Å². The van der Waals surface area contributed by atoms with Gasteiger partial charge >= 0.3 is 0 Å². The highest BCUT2D eigenvalue weighted by Gasteiger charge is 2.12. The van der Waals surface area contributed by atoms with Crippen LogP contribution in [0.15, 0.2) is 53.1 Å². The van der Waals surface area contributed by atoms with Crippen molar-refractivity contribution in [3.05, 3.63) is 65.2 Å². The number of hydrogen-bond acceptors (Lipinski definition) is 4. The maximum absolute atomic E-state index is 12.4. The summed E-state index contributed by atoms with van der Waals surface area (Å²) in [6.07, 6.45) is 1.58. The molecule has 6 heteroatoms. The first-order chi connectivity index (χ1) is 11.6. The van der Waals surface area contributed by atoms with Crippen LogP contribution in [0.2, 0.25) is 5.02 Å². The number of nitrogens with zero attached hydrogens (tertiary/aromatic N) is 1. The lowest BCUT2D eigenvalue weighted by molar-refractivity contribution is 0.102. The summed E-state index contributed by atoms with van der Waals surface area (Å²) in [5, 5.41) is 3.16. The average molecular weight is 343 g/mol. The second kappa shape index (κ2) is 6.76. The van der Waals surface area contributed by atoms with Crippen molar-refractivity contribution in [2.45, 2.75) is 6.92 Å². The molecule has 0 bridgehead atoms. The third-order valence-electron chi connectivity index (χ3n) is 3.46. The van der Waals surface area contributed by atoms with Gasteiger partial charge in [-0.2, -0.15) is 0 Å². The molecule has 0 fully saturated rings. The Morgan fingerprint density at radius 3 is 2.75 bits per heavy atom. The lowest BCUT2D eigenvalue weighted by atomic mass is 10.1. The monoisotopic (exact) mass is 342 g/mol. The average Bonchev–Trinajstić information content (AvgIpc) is 3.01. The van der Waals surface area contributed by atoms with E-state index in [-0.39, 0.29) is 5.91 Å². The molecule has 5 nitrogen and oxygen atoms in total. The van der Waals surface area contributed by atoms with Crippen LogP contribution in [0.5, 0.6) is 5.75 Å². The molecule has 1 aromatic heterocycles. The predicted molar refractivity (Wildman–Crippen MR) is 92.6 cm³/mol. The molecule has 1 amide bonds. The van der Waals surface area contributed by atoms with Crippen LogP contribution in [0.1, 0.15) is 16.2 Å². The molecule has 24 heavy (non-hydrogen) atoms. The molecule has 122 valence electrons. The number of aryl methyl sites for hydroxylation is 1. The number of anilines is 1. The lowest BCUT2D eigenvalue weighted by Gasteiger charge is -2.09. The van der Waals surface area contributed by atoms with Gasteiger partial charge in [-0.15, -0.1) is 0 Å². The summed E-state index contributed by atoms with van der Waals surface area (Å²) in [6.45, 7) is 1.78. The van der Waals surface area contributed by atoms with Crippen molar-refractivity contribution in [2.24, 2.45) is 0 Å². The van der Waals surface area contributed by atoms with Gasteiger partial charge < -0.3 is 14.5 Å². The Kier molecular flexibility index (Phi) is 4.53. The van der Waals surface area contributed by atoms with Gasteiger partial charge in [-0.05, 0) is 30.3 Å². The first-order valence-electron chi connectivity index (χ1n) is 7.24. The summed E-state index contributed by atoms with van der Waals surface area (Å²) in [5.74, 6) is 0.889. The van der Waals surface area contributed by atoms with E-state index in [1.807, 2.05) is 18.2 Å². The molecule has 0 aliphatic carbocycles. The number of amides is 1. The maximum atomic E-state index is 12.4. The van der Waals surface area contributed by atoms with Crippen molar-refractivity contribution < 1.29 is 13.9 Å². The number of oxazole rings is 1. The molecule has 0 saturated heterocycles. The van der Waals surface area contributed by atoms with Crippen LogP contribution in [0.4, 0.5) is 5.69 Å². The van der Waals surface area contributed by atoms with Crippen molar-refractivity contribution in [1.82, 2.24) is 4.98 Å². The van der Waals surface area contributed by atoms with Crippen molar-refractivity contribution in [2.75, 3.05) is 12.4 Å². The van der Waals surface area contributed by atoms with E-state index in [9.17, 15) is 4.79 Å². The number of ether oxygens (including phenoxy) is 1. The Balaban J connectivity index is 1.82. The van der Waals surface area contributed by atoms with Gasteiger partial charge in [0, 0.05) is 18.2 Å². The molecule has 0 aliphatic rings. The molecule has 2 aromatic carbocycles. The number of benzene rings is 2. The Hall–Kier alpha value is -2.79. The fourth-order valence-corrected chi connectivity index (χ4v) is 2.51. The fourth-order valence-electron chi connectivity index (χ4n) is 2.26. The molecule has 1 heterocycles. The molecule has 3 aromatic rings. The number of carbonyl (C=O) groups is 1. The topological polar surface area (TPSA) is 64.4 Å². The van der Waals surface area contributed by atoms with Crippen LogP contribution < -0.4 is 10.1 Å². The second-order valence-corrected chi connectivity index (χ2v) is 5.54. The van der Waals surface area contributed by atoms with Gasteiger partial charge in [0.25, 0.3) is 5.91 Å². The maximum Gasteiger partial charge on any atom is 0.257 e. The Labute approximate surface area is 144 Å². The summed E-state index contributed by atoms with van der Waals surface area (Å²) in [5.41, 5.74) is 2.58. The molecule has 0 saturated carbocycles. The Morgan fingerprint density at radius 2 is 2.08 bits per heavy atom. The fraction of sp³-hybridized carbons (Fsp3) is 0.111. The van der Waals surface area contributed by atoms with Crippen molar-refractivity contribution in [3.63, 3.8) is 0 Å². The van der Waals surface area contributed by atoms with Crippen LogP contribution in [0.3, 0.4) is 0 Å². The van der Waals surface area contributed by atoms with E-state index in [1.54, 1.807) is 44.6 Å². The van der Waals surface area contributed by atoms with E-state index in [2.05, 4.69) is 10.3 Å². The summed E-state index contributed by atoms with van der Waals surface area (Å²) in [7, 11) is 1.54. The minimum atomic E-state index is -0.295. The molecular weight excluding hydrogens is 328 g/mol. The SMILES string of the molecule is COc1ccc(C(=O)Nc2cccc(-c3coc(C)n3)c2)c(Cl)c1. The van der Waals surface area contributed by atoms with E-state index in [0.717, 1.165) is 5.56 Å². The molecule has 0 unspecified atom stereocenters. The predicted octanol–water partition coefficient (Wildman–Crippen LogP) is 4.56. The van der Waals surface area contributed by atoms with Crippen LogP contribution >= 0.6 is 11.6 Å². The Bertz CT molecular complexity index is 889. The van der Waals surface area contributed by atoms with Crippen molar-refractivity contribution in [1.29, 1.82) is 0 Å². The zero-order valence-electron chi connectivity index (χ0n) is 13.2. The van der Waals surface area contributed by atoms with Gasteiger partial charge in [0.15, 0.2) is 5.89 Å². The largest absolute Gasteiger partial charge is 0.497 e. The molecule has 1 N–H and O–H groups in total. The van der Waals surface area contributed by atoms with Crippen molar-refractivity contribution >= 4 is 23.2 Å². The third-order valence-corrected chi connectivity index (χ3v) is 3.77. The minimum Gasteiger partial charge on any atom is -0.497 e. The molecule has 3 rings (SSSR count). The first kappa shape index (κ1) is 16.1. The standard InChI is InChI=1S/C18H15ClN2O3/c1-11-20-17(10-24-11)12-4-3-5-13(8-12)21-18(22)15-7-6-14(23-2)9-16(15)19/h3-10H,1-2H3,(H,21,22). The molecule has 0 aliphatic heterocycles. The summed E-state index contributed by atoms with van der Waals surface area (Å²) in [6, 6.07) is 12.3. The van der Waals surface area contributed by atoms with Crippen molar-refractivity contribution in [3.8, 4) is 17.0 Å². The first-order valence-corrected chi connectivity index (χ1v) is 7.62. The zero-order valence-corrected chi connectivity index (χ0v) is 13.9. The quantitative estimate of drug-likeness (QED) is 0.754. The second-order valence-electron chi connectivity index (χ2n) is 5.13. The van der Waals surface area contributed by atoms with E-state index in [4.69, 9.17) is 20.8 Å². The van der Waals surface area contributed by atoms with Gasteiger partial charge in [0.1, 0.15) is 17.7 Å². The molecule has 0 atom stereocenters. The van der Waals surface area contributed by atoms with E-state index in [1.165, 1.54) is 0 Å². The molecular formula is C18H15ClN2O3. The van der Waals surface area contributed by atoms with E-state index < -0.39 is 0 Å². The normalized spacial score (nSPS) is 10.5. The number of rotatable bonds is 4.